The minimum absolute atomic E-state index is 0.0204. The minimum Gasteiger partial charge on any atom is -0.491 e. The second kappa shape index (κ2) is 8.10. The van der Waals surface area contributed by atoms with Gasteiger partial charge in [-0.3, -0.25) is 14.9 Å². The Morgan fingerprint density at radius 2 is 2.04 bits per heavy atom. The standard InChI is InChI=1S/C16H16FN3O6S/c1-10(9-26-13-4-2-3-12(17)8-13)19-16(21)11-5-6-15(27(18,24)25)14(7-11)20(22)23/h2-8,10H,9H2,1H3,(H,19,21)(H2,18,24,25)/t10-/m1/s1. The molecule has 0 aliphatic heterocycles. The Morgan fingerprint density at radius 3 is 2.63 bits per heavy atom. The highest BCUT2D eigenvalue weighted by Gasteiger charge is 2.25. The summed E-state index contributed by atoms with van der Waals surface area (Å²) in [6.45, 7) is 1.64. The van der Waals surface area contributed by atoms with E-state index in [4.69, 9.17) is 9.88 Å². The van der Waals surface area contributed by atoms with E-state index < -0.39 is 43.3 Å². The van der Waals surface area contributed by atoms with E-state index in [0.717, 1.165) is 18.2 Å². The van der Waals surface area contributed by atoms with Crippen molar-refractivity contribution >= 4 is 21.6 Å². The average molecular weight is 397 g/mol. The van der Waals surface area contributed by atoms with Gasteiger partial charge in [0.05, 0.1) is 11.0 Å². The van der Waals surface area contributed by atoms with Crippen LogP contribution in [0.3, 0.4) is 0 Å². The van der Waals surface area contributed by atoms with Crippen molar-refractivity contribution in [3.05, 3.63) is 64.0 Å². The highest BCUT2D eigenvalue weighted by Crippen LogP contribution is 2.24. The first-order chi connectivity index (χ1) is 12.6. The van der Waals surface area contributed by atoms with Crippen molar-refractivity contribution in [3.8, 4) is 5.75 Å². The third kappa shape index (κ3) is 5.46. The topological polar surface area (TPSA) is 142 Å². The predicted molar refractivity (Wildman–Crippen MR) is 93.3 cm³/mol. The fourth-order valence-corrected chi connectivity index (χ4v) is 2.85. The second-order valence-corrected chi connectivity index (χ2v) is 7.16. The lowest BCUT2D eigenvalue weighted by molar-refractivity contribution is -0.387. The van der Waals surface area contributed by atoms with Gasteiger partial charge in [-0.05, 0) is 31.2 Å². The third-order valence-electron chi connectivity index (χ3n) is 3.40. The first-order valence-electron chi connectivity index (χ1n) is 7.58. The fourth-order valence-electron chi connectivity index (χ4n) is 2.17. The van der Waals surface area contributed by atoms with E-state index in [-0.39, 0.29) is 17.9 Å². The zero-order valence-corrected chi connectivity index (χ0v) is 14.9. The highest BCUT2D eigenvalue weighted by atomic mass is 32.2. The molecule has 0 spiro atoms. The average Bonchev–Trinajstić information content (AvgIpc) is 2.58. The number of carbonyl (C=O) groups excluding carboxylic acids is 1. The van der Waals surface area contributed by atoms with Gasteiger partial charge in [0.2, 0.25) is 10.0 Å². The zero-order valence-electron chi connectivity index (χ0n) is 14.1. The van der Waals surface area contributed by atoms with Crippen molar-refractivity contribution < 1.29 is 27.3 Å². The Hall–Kier alpha value is -3.05. The van der Waals surface area contributed by atoms with Gasteiger partial charge in [0.15, 0.2) is 4.90 Å². The van der Waals surface area contributed by atoms with Gasteiger partial charge >= 0.3 is 0 Å². The number of nitro groups is 1. The molecule has 11 heteroatoms. The summed E-state index contributed by atoms with van der Waals surface area (Å²) in [7, 11) is -4.31. The monoisotopic (exact) mass is 397 g/mol. The summed E-state index contributed by atoms with van der Waals surface area (Å²) in [5.74, 6) is -0.856. The van der Waals surface area contributed by atoms with Gasteiger partial charge in [-0.15, -0.1) is 0 Å². The van der Waals surface area contributed by atoms with Crippen LogP contribution >= 0.6 is 0 Å². The molecule has 0 aromatic heterocycles. The number of carbonyl (C=O) groups is 1. The molecule has 0 aliphatic carbocycles. The Kier molecular flexibility index (Phi) is 6.08. The number of hydrogen-bond donors (Lipinski definition) is 2. The van der Waals surface area contributed by atoms with Gasteiger partial charge in [-0.1, -0.05) is 6.07 Å². The minimum atomic E-state index is -4.31. The smallest absolute Gasteiger partial charge is 0.290 e. The van der Waals surface area contributed by atoms with E-state index in [9.17, 15) is 27.7 Å². The van der Waals surface area contributed by atoms with Crippen molar-refractivity contribution in [2.45, 2.75) is 17.9 Å². The number of hydrogen-bond acceptors (Lipinski definition) is 6. The normalized spacial score (nSPS) is 12.3. The molecular formula is C16H16FN3O6S. The molecule has 1 amide bonds. The van der Waals surface area contributed by atoms with E-state index in [1.807, 2.05) is 0 Å². The van der Waals surface area contributed by atoms with Crippen LogP contribution < -0.4 is 15.2 Å². The number of ether oxygens (including phenoxy) is 1. The Bertz CT molecular complexity index is 980. The molecule has 0 saturated heterocycles. The number of nitro benzene ring substituents is 1. The van der Waals surface area contributed by atoms with Gasteiger partial charge in [0.25, 0.3) is 11.6 Å². The zero-order chi connectivity index (χ0) is 20.2. The van der Waals surface area contributed by atoms with Crippen molar-refractivity contribution in [1.29, 1.82) is 0 Å². The summed E-state index contributed by atoms with van der Waals surface area (Å²) in [4.78, 5) is 21.7. The first kappa shape index (κ1) is 20.3. The summed E-state index contributed by atoms with van der Waals surface area (Å²) in [5, 5.41) is 18.5. The summed E-state index contributed by atoms with van der Waals surface area (Å²) in [6.07, 6.45) is 0. The lowest BCUT2D eigenvalue weighted by Crippen LogP contribution is -2.36. The molecule has 0 fully saturated rings. The molecule has 0 unspecified atom stereocenters. The predicted octanol–water partition coefficient (Wildman–Crippen LogP) is 1.58. The van der Waals surface area contributed by atoms with Crippen LogP contribution in [0.25, 0.3) is 0 Å². The largest absolute Gasteiger partial charge is 0.491 e. The van der Waals surface area contributed by atoms with Crippen LogP contribution in [0.2, 0.25) is 0 Å². The number of nitrogens with one attached hydrogen (secondary N) is 1. The number of sulfonamides is 1. The Morgan fingerprint density at radius 1 is 1.33 bits per heavy atom. The molecule has 0 bridgehead atoms. The quantitative estimate of drug-likeness (QED) is 0.537. The summed E-state index contributed by atoms with van der Waals surface area (Å²) >= 11 is 0. The van der Waals surface area contributed by atoms with E-state index in [2.05, 4.69) is 5.32 Å². The number of amides is 1. The van der Waals surface area contributed by atoms with E-state index in [1.54, 1.807) is 13.0 Å². The maximum absolute atomic E-state index is 13.1. The number of nitrogens with two attached hydrogens (primary N) is 1. The molecule has 27 heavy (non-hydrogen) atoms. The van der Waals surface area contributed by atoms with Crippen molar-refractivity contribution in [2.24, 2.45) is 5.14 Å². The number of nitrogens with zero attached hydrogens (tertiary/aromatic N) is 1. The molecule has 2 rings (SSSR count). The molecule has 0 saturated carbocycles. The summed E-state index contributed by atoms with van der Waals surface area (Å²) < 4.78 is 41.2. The van der Waals surface area contributed by atoms with Crippen LogP contribution in [0.4, 0.5) is 10.1 Å². The SMILES string of the molecule is C[C@H](COc1cccc(F)c1)NC(=O)c1ccc(S(N)(=O)=O)c([N+](=O)[O-])c1. The molecule has 0 radical (unpaired) electrons. The van der Waals surface area contributed by atoms with Crippen molar-refractivity contribution in [1.82, 2.24) is 5.32 Å². The van der Waals surface area contributed by atoms with Crippen LogP contribution in [0, 0.1) is 15.9 Å². The summed E-state index contributed by atoms with van der Waals surface area (Å²) in [6, 6.07) is 7.79. The lowest BCUT2D eigenvalue weighted by atomic mass is 10.2. The van der Waals surface area contributed by atoms with Crippen molar-refractivity contribution in [2.75, 3.05) is 6.61 Å². The number of benzene rings is 2. The number of primary sulfonamides is 1. The summed E-state index contributed by atoms with van der Waals surface area (Å²) in [5.41, 5.74) is -0.916. The Balaban J connectivity index is 2.08. The third-order valence-corrected chi connectivity index (χ3v) is 4.36. The fraction of sp³-hybridized carbons (Fsp3) is 0.188. The van der Waals surface area contributed by atoms with Gasteiger partial charge < -0.3 is 10.1 Å². The lowest BCUT2D eigenvalue weighted by Gasteiger charge is -2.15. The van der Waals surface area contributed by atoms with Crippen LogP contribution in [0.15, 0.2) is 47.4 Å². The molecule has 9 nitrogen and oxygen atoms in total. The van der Waals surface area contributed by atoms with Crippen molar-refractivity contribution in [3.63, 3.8) is 0 Å². The molecule has 0 heterocycles. The van der Waals surface area contributed by atoms with Crippen LogP contribution in [-0.2, 0) is 10.0 Å². The first-order valence-corrected chi connectivity index (χ1v) is 9.13. The maximum Gasteiger partial charge on any atom is 0.290 e. The number of rotatable bonds is 7. The molecule has 2 aromatic rings. The van der Waals surface area contributed by atoms with Gasteiger partial charge in [0, 0.05) is 17.7 Å². The highest BCUT2D eigenvalue weighted by molar-refractivity contribution is 7.89. The maximum atomic E-state index is 13.1. The molecule has 1 atom stereocenters. The van der Waals surface area contributed by atoms with Crippen LogP contribution in [0.1, 0.15) is 17.3 Å². The van der Waals surface area contributed by atoms with Crippen LogP contribution in [0.5, 0.6) is 5.75 Å². The van der Waals surface area contributed by atoms with Gasteiger partial charge in [0.1, 0.15) is 18.2 Å². The van der Waals surface area contributed by atoms with E-state index >= 15 is 0 Å². The Labute approximate surface area is 154 Å². The van der Waals surface area contributed by atoms with E-state index in [0.29, 0.717) is 0 Å². The van der Waals surface area contributed by atoms with Gasteiger partial charge in [-0.2, -0.15) is 0 Å². The molecule has 144 valence electrons. The molecule has 3 N–H and O–H groups in total. The van der Waals surface area contributed by atoms with Gasteiger partial charge in [-0.25, -0.2) is 17.9 Å². The molecule has 0 aliphatic rings. The molecule has 2 aromatic carbocycles. The molecular weight excluding hydrogens is 381 g/mol. The van der Waals surface area contributed by atoms with E-state index in [1.165, 1.54) is 18.2 Å². The second-order valence-electron chi connectivity index (χ2n) is 5.63. The van der Waals surface area contributed by atoms with Crippen LogP contribution in [-0.4, -0.2) is 31.9 Å². The number of halogens is 1.